The van der Waals surface area contributed by atoms with Crippen molar-refractivity contribution < 1.29 is 9.53 Å². The summed E-state index contributed by atoms with van der Waals surface area (Å²) in [4.78, 5) is 14.6. The highest BCUT2D eigenvalue weighted by Gasteiger charge is 2.31. The molecule has 5 heteroatoms. The van der Waals surface area contributed by atoms with E-state index in [1.54, 1.807) is 7.11 Å². The molecule has 2 heterocycles. The van der Waals surface area contributed by atoms with Crippen LogP contribution in [-0.2, 0) is 11.2 Å². The predicted molar refractivity (Wildman–Crippen MR) is 89.6 cm³/mol. The molecule has 0 aromatic heterocycles. The van der Waals surface area contributed by atoms with E-state index >= 15 is 0 Å². The minimum Gasteiger partial charge on any atom is -0.497 e. The van der Waals surface area contributed by atoms with E-state index in [1.165, 1.54) is 0 Å². The van der Waals surface area contributed by atoms with Crippen LogP contribution in [0.4, 0.5) is 0 Å². The normalized spacial score (nSPS) is 24.1. The largest absolute Gasteiger partial charge is 0.497 e. The molecule has 2 saturated heterocycles. The van der Waals surface area contributed by atoms with Gasteiger partial charge in [0.15, 0.2) is 0 Å². The molecule has 1 aromatic rings. The Balaban J connectivity index is 0.00000176. The van der Waals surface area contributed by atoms with Crippen LogP contribution in [0.3, 0.4) is 0 Å². The fraction of sp³-hybridized carbons (Fsp3) is 0.588. The zero-order valence-electron chi connectivity index (χ0n) is 13.1. The van der Waals surface area contributed by atoms with Crippen LogP contribution >= 0.6 is 12.4 Å². The van der Waals surface area contributed by atoms with Gasteiger partial charge in [-0.2, -0.15) is 0 Å². The van der Waals surface area contributed by atoms with E-state index in [1.807, 2.05) is 24.3 Å². The molecule has 2 aliphatic heterocycles. The SMILES string of the molecule is COc1cccc(CC(=O)N2CC[C@@H]3CNC[C@@H]3CC2)c1.Cl. The summed E-state index contributed by atoms with van der Waals surface area (Å²) in [6.45, 7) is 4.07. The van der Waals surface area contributed by atoms with Crippen LogP contribution in [0, 0.1) is 11.8 Å². The third kappa shape index (κ3) is 3.93. The number of likely N-dealkylation sites (tertiary alicyclic amines) is 1. The molecular formula is C17H25ClN2O2. The van der Waals surface area contributed by atoms with Crippen LogP contribution in [0.2, 0.25) is 0 Å². The first-order chi connectivity index (χ1) is 10.3. The minimum atomic E-state index is 0. The average Bonchev–Trinajstić information content (AvgIpc) is 2.86. The molecule has 0 aliphatic carbocycles. The number of ether oxygens (including phenoxy) is 1. The van der Waals surface area contributed by atoms with Gasteiger partial charge >= 0.3 is 0 Å². The van der Waals surface area contributed by atoms with Crippen molar-refractivity contribution in [3.63, 3.8) is 0 Å². The standard InChI is InChI=1S/C17H24N2O2.ClH/c1-21-16-4-2-3-13(9-16)10-17(20)19-7-5-14-11-18-12-15(14)6-8-19;/h2-4,9,14-15,18H,5-8,10-12H2,1H3;1H/t14-,15+;. The Kier molecular flexibility index (Phi) is 6.09. The third-order valence-corrected chi connectivity index (χ3v) is 4.86. The number of hydrogen-bond donors (Lipinski definition) is 1. The molecule has 0 unspecified atom stereocenters. The molecule has 4 nitrogen and oxygen atoms in total. The van der Waals surface area contributed by atoms with Crippen molar-refractivity contribution in [2.75, 3.05) is 33.3 Å². The van der Waals surface area contributed by atoms with Gasteiger partial charge in [0.25, 0.3) is 0 Å². The third-order valence-electron chi connectivity index (χ3n) is 4.86. The average molecular weight is 325 g/mol. The van der Waals surface area contributed by atoms with Crippen molar-refractivity contribution in [3.8, 4) is 5.75 Å². The van der Waals surface area contributed by atoms with Gasteiger partial charge in [0.2, 0.25) is 5.91 Å². The summed E-state index contributed by atoms with van der Waals surface area (Å²) in [5, 5.41) is 3.47. The van der Waals surface area contributed by atoms with E-state index in [0.717, 1.165) is 62.2 Å². The lowest BCUT2D eigenvalue weighted by Crippen LogP contribution is -2.33. The highest BCUT2D eigenvalue weighted by atomic mass is 35.5. The first-order valence-corrected chi connectivity index (χ1v) is 7.87. The highest BCUT2D eigenvalue weighted by Crippen LogP contribution is 2.27. The zero-order chi connectivity index (χ0) is 14.7. The second kappa shape index (κ2) is 7.84. The maximum Gasteiger partial charge on any atom is 0.226 e. The van der Waals surface area contributed by atoms with E-state index in [4.69, 9.17) is 4.74 Å². The van der Waals surface area contributed by atoms with Gasteiger partial charge in [-0.05, 0) is 55.5 Å². The monoisotopic (exact) mass is 324 g/mol. The van der Waals surface area contributed by atoms with E-state index < -0.39 is 0 Å². The Labute approximate surface area is 138 Å². The van der Waals surface area contributed by atoms with Gasteiger partial charge in [0.05, 0.1) is 13.5 Å². The zero-order valence-corrected chi connectivity index (χ0v) is 13.9. The molecule has 0 spiro atoms. The molecular weight excluding hydrogens is 300 g/mol. The molecule has 2 atom stereocenters. The molecule has 2 aliphatic rings. The van der Waals surface area contributed by atoms with Crippen LogP contribution in [0.5, 0.6) is 5.75 Å². The van der Waals surface area contributed by atoms with Crippen molar-refractivity contribution >= 4 is 18.3 Å². The summed E-state index contributed by atoms with van der Waals surface area (Å²) in [7, 11) is 1.66. The summed E-state index contributed by atoms with van der Waals surface area (Å²) < 4.78 is 5.22. The number of methoxy groups -OCH3 is 1. The van der Waals surface area contributed by atoms with E-state index in [0.29, 0.717) is 6.42 Å². The fourth-order valence-corrected chi connectivity index (χ4v) is 3.54. The number of hydrogen-bond acceptors (Lipinski definition) is 3. The number of fused-ring (bicyclic) bond motifs is 1. The summed E-state index contributed by atoms with van der Waals surface area (Å²) in [5.41, 5.74) is 1.03. The van der Waals surface area contributed by atoms with Gasteiger partial charge in [-0.25, -0.2) is 0 Å². The molecule has 1 aromatic carbocycles. The van der Waals surface area contributed by atoms with Crippen molar-refractivity contribution in [1.82, 2.24) is 10.2 Å². The molecule has 0 bridgehead atoms. The van der Waals surface area contributed by atoms with Gasteiger partial charge in [-0.1, -0.05) is 12.1 Å². The Morgan fingerprint density at radius 2 is 1.95 bits per heavy atom. The van der Waals surface area contributed by atoms with Crippen LogP contribution in [0.25, 0.3) is 0 Å². The molecule has 2 fully saturated rings. The van der Waals surface area contributed by atoms with Gasteiger partial charge in [-0.15, -0.1) is 12.4 Å². The van der Waals surface area contributed by atoms with E-state index in [2.05, 4.69) is 10.2 Å². The number of amides is 1. The molecule has 1 N–H and O–H groups in total. The van der Waals surface area contributed by atoms with E-state index in [9.17, 15) is 4.79 Å². The first kappa shape index (κ1) is 17.1. The number of carbonyl (C=O) groups excluding carboxylic acids is 1. The number of benzene rings is 1. The molecule has 0 radical (unpaired) electrons. The summed E-state index contributed by atoms with van der Waals surface area (Å²) in [6, 6.07) is 7.80. The Morgan fingerprint density at radius 1 is 1.27 bits per heavy atom. The van der Waals surface area contributed by atoms with Crippen LogP contribution < -0.4 is 10.1 Å². The molecule has 0 saturated carbocycles. The fourth-order valence-electron chi connectivity index (χ4n) is 3.54. The Bertz CT molecular complexity index is 495. The van der Waals surface area contributed by atoms with Crippen molar-refractivity contribution in [3.05, 3.63) is 29.8 Å². The lowest BCUT2D eigenvalue weighted by Gasteiger charge is -2.21. The predicted octanol–water partition coefficient (Wildman–Crippen LogP) is 2.12. The quantitative estimate of drug-likeness (QED) is 0.926. The van der Waals surface area contributed by atoms with Crippen molar-refractivity contribution in [2.24, 2.45) is 11.8 Å². The smallest absolute Gasteiger partial charge is 0.226 e. The molecule has 1 amide bonds. The maximum atomic E-state index is 12.5. The molecule has 122 valence electrons. The second-order valence-electron chi connectivity index (χ2n) is 6.16. The number of rotatable bonds is 3. The van der Waals surface area contributed by atoms with Crippen LogP contribution in [0.15, 0.2) is 24.3 Å². The number of halogens is 1. The minimum absolute atomic E-state index is 0. The van der Waals surface area contributed by atoms with E-state index in [-0.39, 0.29) is 18.3 Å². The molecule has 22 heavy (non-hydrogen) atoms. The summed E-state index contributed by atoms with van der Waals surface area (Å²) in [5.74, 6) is 2.59. The first-order valence-electron chi connectivity index (χ1n) is 7.87. The lowest BCUT2D eigenvalue weighted by molar-refractivity contribution is -0.130. The maximum absolute atomic E-state index is 12.5. The van der Waals surface area contributed by atoms with Crippen LogP contribution in [0.1, 0.15) is 18.4 Å². The Hall–Kier alpha value is -1.26. The van der Waals surface area contributed by atoms with Gasteiger partial charge in [0, 0.05) is 13.1 Å². The highest BCUT2D eigenvalue weighted by molar-refractivity contribution is 5.85. The van der Waals surface area contributed by atoms with Gasteiger partial charge in [0.1, 0.15) is 5.75 Å². The van der Waals surface area contributed by atoms with Gasteiger partial charge in [-0.3, -0.25) is 4.79 Å². The lowest BCUT2D eigenvalue weighted by atomic mass is 9.92. The van der Waals surface area contributed by atoms with Gasteiger partial charge < -0.3 is 15.0 Å². The van der Waals surface area contributed by atoms with Crippen LogP contribution in [-0.4, -0.2) is 44.1 Å². The number of nitrogens with one attached hydrogen (secondary N) is 1. The second-order valence-corrected chi connectivity index (χ2v) is 6.16. The topological polar surface area (TPSA) is 41.6 Å². The number of carbonyl (C=O) groups is 1. The Morgan fingerprint density at radius 3 is 2.59 bits per heavy atom. The molecule has 3 rings (SSSR count). The van der Waals surface area contributed by atoms with Crippen molar-refractivity contribution in [2.45, 2.75) is 19.3 Å². The number of nitrogens with zero attached hydrogens (tertiary/aromatic N) is 1. The summed E-state index contributed by atoms with van der Waals surface area (Å²) in [6.07, 6.45) is 2.76. The summed E-state index contributed by atoms with van der Waals surface area (Å²) >= 11 is 0. The van der Waals surface area contributed by atoms with Crippen molar-refractivity contribution in [1.29, 1.82) is 0 Å².